The van der Waals surface area contributed by atoms with Gasteiger partial charge in [0.1, 0.15) is 11.6 Å². The monoisotopic (exact) mass is 362 g/mol. The van der Waals surface area contributed by atoms with Crippen molar-refractivity contribution >= 4 is 46.4 Å². The molecule has 3 nitrogen and oxygen atoms in total. The number of benzene rings is 2. The van der Waals surface area contributed by atoms with Crippen LogP contribution in [0.1, 0.15) is 10.4 Å². The normalized spacial score (nSPS) is 11.4. The fraction of sp³-hybridized carbons (Fsp3) is 0.0588. The minimum atomic E-state index is -0.413. The summed E-state index contributed by atoms with van der Waals surface area (Å²) >= 11 is 13.2. The van der Waals surface area contributed by atoms with Gasteiger partial charge in [-0.25, -0.2) is 0 Å². The van der Waals surface area contributed by atoms with E-state index in [9.17, 15) is 10.1 Å². The number of ketones is 1. The summed E-state index contributed by atoms with van der Waals surface area (Å²) in [4.78, 5) is 12.6. The minimum Gasteiger partial charge on any atom is -0.349 e. The van der Waals surface area contributed by atoms with Crippen LogP contribution in [-0.4, -0.2) is 12.0 Å². The van der Waals surface area contributed by atoms with Crippen LogP contribution in [0.5, 0.6) is 0 Å². The molecule has 0 saturated carbocycles. The largest absolute Gasteiger partial charge is 0.349 e. The topological polar surface area (TPSA) is 52.9 Å². The van der Waals surface area contributed by atoms with Crippen LogP contribution < -0.4 is 5.32 Å². The lowest BCUT2D eigenvalue weighted by Crippen LogP contribution is -2.09. The van der Waals surface area contributed by atoms with E-state index in [-0.39, 0.29) is 5.57 Å². The molecule has 6 heteroatoms. The number of anilines is 1. The molecule has 0 bridgehead atoms. The third-order valence-corrected chi connectivity index (χ3v) is 4.29. The highest BCUT2D eigenvalue weighted by molar-refractivity contribution is 8.02. The van der Waals surface area contributed by atoms with Crippen LogP contribution in [-0.2, 0) is 0 Å². The number of hydrogen-bond acceptors (Lipinski definition) is 4. The number of Topliss-reactive ketones (excluding diaryl/α,β-unsaturated/α-hetero) is 1. The van der Waals surface area contributed by atoms with Crippen LogP contribution in [0.25, 0.3) is 0 Å². The van der Waals surface area contributed by atoms with Gasteiger partial charge in [-0.2, -0.15) is 5.26 Å². The van der Waals surface area contributed by atoms with Crippen molar-refractivity contribution in [3.8, 4) is 6.07 Å². The standard InChI is InChI=1S/C17H12Cl2N2OS/c1-23-17(21-12-8-6-11(18)7-9-12)14(10-20)16(22)13-4-2-3-5-15(13)19/h2-9,21H,1H3/b17-14+. The maximum Gasteiger partial charge on any atom is 0.207 e. The number of allylic oxidation sites excluding steroid dienone is 1. The quantitative estimate of drug-likeness (QED) is 0.440. The molecule has 0 aliphatic heterocycles. The lowest BCUT2D eigenvalue weighted by molar-refractivity contribution is 0.103. The van der Waals surface area contributed by atoms with Gasteiger partial charge in [-0.15, -0.1) is 11.8 Å². The molecule has 0 radical (unpaired) electrons. The van der Waals surface area contributed by atoms with E-state index in [1.54, 1.807) is 54.8 Å². The molecule has 0 aliphatic carbocycles. The number of hydrogen-bond donors (Lipinski definition) is 1. The molecule has 0 unspecified atom stereocenters. The SMILES string of the molecule is CS/C(Nc1ccc(Cl)cc1)=C(\C#N)C(=O)c1ccccc1Cl. The molecule has 0 aliphatic rings. The van der Waals surface area contributed by atoms with E-state index in [2.05, 4.69) is 5.32 Å². The Balaban J connectivity index is 2.40. The van der Waals surface area contributed by atoms with E-state index >= 15 is 0 Å². The smallest absolute Gasteiger partial charge is 0.207 e. The Hall–Kier alpha value is -1.93. The Morgan fingerprint density at radius 1 is 1.13 bits per heavy atom. The van der Waals surface area contributed by atoms with E-state index in [1.165, 1.54) is 11.8 Å². The second-order valence-corrected chi connectivity index (χ2v) is 6.12. The molecule has 2 rings (SSSR count). The van der Waals surface area contributed by atoms with Crippen molar-refractivity contribution in [2.75, 3.05) is 11.6 Å². The van der Waals surface area contributed by atoms with Crippen molar-refractivity contribution in [2.45, 2.75) is 0 Å². The predicted octanol–water partition coefficient (Wildman–Crippen LogP) is 5.39. The molecule has 1 N–H and O–H groups in total. The molecule has 0 amide bonds. The van der Waals surface area contributed by atoms with E-state index in [1.807, 2.05) is 6.07 Å². The van der Waals surface area contributed by atoms with E-state index in [0.29, 0.717) is 20.6 Å². The highest BCUT2D eigenvalue weighted by Gasteiger charge is 2.19. The second kappa shape index (κ2) is 8.07. The Kier molecular flexibility index (Phi) is 6.12. The molecule has 2 aromatic carbocycles. The van der Waals surface area contributed by atoms with Crippen LogP contribution in [0, 0.1) is 11.3 Å². The lowest BCUT2D eigenvalue weighted by Gasteiger charge is -2.11. The summed E-state index contributed by atoms with van der Waals surface area (Å²) in [5.74, 6) is -0.413. The number of halogens is 2. The highest BCUT2D eigenvalue weighted by atomic mass is 35.5. The van der Waals surface area contributed by atoms with Crippen LogP contribution in [0.15, 0.2) is 59.1 Å². The van der Waals surface area contributed by atoms with Gasteiger partial charge in [0.25, 0.3) is 0 Å². The zero-order valence-electron chi connectivity index (χ0n) is 12.1. The van der Waals surface area contributed by atoms with E-state index < -0.39 is 5.78 Å². The number of carbonyl (C=O) groups is 1. The second-order valence-electron chi connectivity index (χ2n) is 4.46. The van der Waals surface area contributed by atoms with Crippen LogP contribution in [0.3, 0.4) is 0 Å². The zero-order chi connectivity index (χ0) is 16.8. The summed E-state index contributed by atoms with van der Waals surface area (Å²) in [6.45, 7) is 0. The van der Waals surface area contributed by atoms with Gasteiger partial charge in [0.2, 0.25) is 5.78 Å². The summed E-state index contributed by atoms with van der Waals surface area (Å²) in [6, 6.07) is 15.6. The first kappa shape index (κ1) is 17.4. The molecule has 0 saturated heterocycles. The minimum absolute atomic E-state index is 0.0144. The molecular weight excluding hydrogens is 351 g/mol. The third-order valence-electron chi connectivity index (χ3n) is 2.99. The van der Waals surface area contributed by atoms with Gasteiger partial charge < -0.3 is 5.32 Å². The number of carbonyl (C=O) groups excluding carboxylic acids is 1. The fourth-order valence-electron chi connectivity index (χ4n) is 1.86. The number of nitrogens with zero attached hydrogens (tertiary/aromatic N) is 1. The molecule has 0 spiro atoms. The Morgan fingerprint density at radius 2 is 1.78 bits per heavy atom. The Labute approximate surface area is 148 Å². The summed E-state index contributed by atoms with van der Waals surface area (Å²) in [6.07, 6.45) is 1.79. The molecule has 23 heavy (non-hydrogen) atoms. The van der Waals surface area contributed by atoms with Crippen LogP contribution >= 0.6 is 35.0 Å². The molecule has 0 fully saturated rings. The fourth-order valence-corrected chi connectivity index (χ4v) is 2.77. The third kappa shape index (κ3) is 4.29. The summed E-state index contributed by atoms with van der Waals surface area (Å²) < 4.78 is 0. The van der Waals surface area contributed by atoms with Crippen molar-refractivity contribution in [2.24, 2.45) is 0 Å². The number of nitriles is 1. The van der Waals surface area contributed by atoms with Gasteiger partial charge in [0.05, 0.1) is 10.1 Å². The average Bonchev–Trinajstić information content (AvgIpc) is 2.56. The zero-order valence-corrected chi connectivity index (χ0v) is 14.5. The van der Waals surface area contributed by atoms with Gasteiger partial charge in [-0.1, -0.05) is 35.3 Å². The molecular formula is C17H12Cl2N2OS. The van der Waals surface area contributed by atoms with Crippen LogP contribution in [0.4, 0.5) is 5.69 Å². The number of nitrogens with one attached hydrogen (secondary N) is 1. The maximum atomic E-state index is 12.6. The van der Waals surface area contributed by atoms with Gasteiger partial charge in [0.15, 0.2) is 0 Å². The summed E-state index contributed by atoms with van der Waals surface area (Å²) in [5, 5.41) is 13.9. The molecule has 2 aromatic rings. The van der Waals surface area contributed by atoms with Crippen molar-refractivity contribution in [3.05, 3.63) is 74.7 Å². The van der Waals surface area contributed by atoms with Gasteiger partial charge in [0, 0.05) is 16.3 Å². The van der Waals surface area contributed by atoms with Crippen molar-refractivity contribution in [3.63, 3.8) is 0 Å². The van der Waals surface area contributed by atoms with Crippen molar-refractivity contribution in [1.29, 1.82) is 5.26 Å². The van der Waals surface area contributed by atoms with E-state index in [0.717, 1.165) is 5.69 Å². The summed E-state index contributed by atoms with van der Waals surface area (Å²) in [7, 11) is 0. The maximum absolute atomic E-state index is 12.6. The number of rotatable bonds is 5. The predicted molar refractivity (Wildman–Crippen MR) is 97.0 cm³/mol. The van der Waals surface area contributed by atoms with Crippen LogP contribution in [0.2, 0.25) is 10.0 Å². The summed E-state index contributed by atoms with van der Waals surface area (Å²) in [5.41, 5.74) is 1.05. The first-order chi connectivity index (χ1) is 11.1. The average molecular weight is 363 g/mol. The molecule has 0 heterocycles. The Morgan fingerprint density at radius 3 is 2.35 bits per heavy atom. The molecule has 116 valence electrons. The number of thioether (sulfide) groups is 1. The van der Waals surface area contributed by atoms with Gasteiger partial charge >= 0.3 is 0 Å². The van der Waals surface area contributed by atoms with Crippen molar-refractivity contribution in [1.82, 2.24) is 0 Å². The van der Waals surface area contributed by atoms with Gasteiger partial charge in [-0.05, 0) is 42.7 Å². The van der Waals surface area contributed by atoms with E-state index in [4.69, 9.17) is 23.2 Å². The molecule has 0 atom stereocenters. The first-order valence-electron chi connectivity index (χ1n) is 6.57. The van der Waals surface area contributed by atoms with Gasteiger partial charge in [-0.3, -0.25) is 4.79 Å². The lowest BCUT2D eigenvalue weighted by atomic mass is 10.1. The highest BCUT2D eigenvalue weighted by Crippen LogP contribution is 2.26. The first-order valence-corrected chi connectivity index (χ1v) is 8.55. The molecule has 0 aromatic heterocycles. The van der Waals surface area contributed by atoms with Crippen molar-refractivity contribution < 1.29 is 4.79 Å². The Bertz CT molecular complexity index is 795.